The van der Waals surface area contributed by atoms with Gasteiger partial charge < -0.3 is 10.4 Å². The fraction of sp³-hybridized carbons (Fsp3) is 0. The van der Waals surface area contributed by atoms with Crippen LogP contribution in [0.4, 0.5) is 5.69 Å². The molecule has 0 spiro atoms. The highest BCUT2D eigenvalue weighted by Gasteiger charge is 2.10. The van der Waals surface area contributed by atoms with Gasteiger partial charge in [0.05, 0.1) is 11.3 Å². The predicted molar refractivity (Wildman–Crippen MR) is 111 cm³/mol. The molecule has 0 aliphatic carbocycles. The number of anilines is 1. The molecular formula is C22H16BrNO3. The Morgan fingerprint density at radius 3 is 2.30 bits per heavy atom. The second kappa shape index (κ2) is 8.47. The van der Waals surface area contributed by atoms with Gasteiger partial charge in [0, 0.05) is 10.5 Å². The lowest BCUT2D eigenvalue weighted by Gasteiger charge is -2.07. The van der Waals surface area contributed by atoms with Gasteiger partial charge in [-0.25, -0.2) is 4.79 Å². The molecule has 0 fully saturated rings. The summed E-state index contributed by atoms with van der Waals surface area (Å²) in [5.74, 6) is -1.49. The summed E-state index contributed by atoms with van der Waals surface area (Å²) in [6.45, 7) is 0. The van der Waals surface area contributed by atoms with Crippen LogP contribution in [0.15, 0.2) is 83.3 Å². The summed E-state index contributed by atoms with van der Waals surface area (Å²) in [6.07, 6.45) is 3.05. The summed E-state index contributed by atoms with van der Waals surface area (Å²) in [5, 5.41) is 11.8. The van der Waals surface area contributed by atoms with E-state index in [0.29, 0.717) is 0 Å². The molecule has 0 atom stereocenters. The fourth-order valence-corrected chi connectivity index (χ4v) is 3.10. The molecule has 3 aromatic carbocycles. The van der Waals surface area contributed by atoms with Gasteiger partial charge in [-0.3, -0.25) is 4.79 Å². The van der Waals surface area contributed by atoms with Crippen molar-refractivity contribution in [3.8, 4) is 11.1 Å². The highest BCUT2D eigenvalue weighted by atomic mass is 79.9. The molecule has 4 nitrogen and oxygen atoms in total. The van der Waals surface area contributed by atoms with Gasteiger partial charge in [-0.1, -0.05) is 70.5 Å². The normalized spacial score (nSPS) is 10.7. The average molecular weight is 422 g/mol. The van der Waals surface area contributed by atoms with Crippen LogP contribution in [0.1, 0.15) is 15.9 Å². The summed E-state index contributed by atoms with van der Waals surface area (Å²) in [4.78, 5) is 23.4. The van der Waals surface area contributed by atoms with E-state index in [1.807, 2.05) is 48.5 Å². The first-order chi connectivity index (χ1) is 13.0. The van der Waals surface area contributed by atoms with E-state index in [4.69, 9.17) is 5.11 Å². The van der Waals surface area contributed by atoms with Crippen molar-refractivity contribution in [2.75, 3.05) is 5.32 Å². The Morgan fingerprint density at radius 2 is 1.59 bits per heavy atom. The van der Waals surface area contributed by atoms with Crippen LogP contribution in [0, 0.1) is 0 Å². The monoisotopic (exact) mass is 421 g/mol. The van der Waals surface area contributed by atoms with Gasteiger partial charge in [-0.15, -0.1) is 0 Å². The van der Waals surface area contributed by atoms with Crippen molar-refractivity contribution in [1.29, 1.82) is 0 Å². The molecule has 0 bridgehead atoms. The second-order valence-electron chi connectivity index (χ2n) is 5.78. The van der Waals surface area contributed by atoms with E-state index < -0.39 is 11.9 Å². The first kappa shape index (κ1) is 18.6. The lowest BCUT2D eigenvalue weighted by Crippen LogP contribution is -2.11. The number of carbonyl (C=O) groups is 2. The minimum absolute atomic E-state index is 0.0487. The number of rotatable bonds is 5. The van der Waals surface area contributed by atoms with Crippen LogP contribution in [-0.2, 0) is 4.79 Å². The average Bonchev–Trinajstić information content (AvgIpc) is 2.68. The number of nitrogens with one attached hydrogen (secondary N) is 1. The number of halogens is 1. The molecule has 0 saturated carbocycles. The maximum absolute atomic E-state index is 12.2. The Balaban J connectivity index is 1.74. The Kier molecular flexibility index (Phi) is 5.84. The van der Waals surface area contributed by atoms with Crippen molar-refractivity contribution < 1.29 is 14.7 Å². The Bertz CT molecular complexity index is 1010. The molecule has 0 aromatic heterocycles. The maximum atomic E-state index is 12.2. The van der Waals surface area contributed by atoms with Crippen molar-refractivity contribution in [2.24, 2.45) is 0 Å². The zero-order chi connectivity index (χ0) is 19.2. The molecule has 0 aliphatic heterocycles. The quantitative estimate of drug-likeness (QED) is 0.537. The molecule has 3 rings (SSSR count). The van der Waals surface area contributed by atoms with Gasteiger partial charge >= 0.3 is 5.97 Å². The molecular weight excluding hydrogens is 406 g/mol. The van der Waals surface area contributed by atoms with Gasteiger partial charge in [0.2, 0.25) is 5.91 Å². The fourth-order valence-electron chi connectivity index (χ4n) is 2.59. The third-order valence-corrected chi connectivity index (χ3v) is 4.62. The number of hydrogen-bond acceptors (Lipinski definition) is 2. The molecule has 0 saturated heterocycles. The number of aromatic carboxylic acids is 1. The van der Waals surface area contributed by atoms with E-state index in [2.05, 4.69) is 21.2 Å². The number of carboxylic acids is 1. The first-order valence-corrected chi connectivity index (χ1v) is 9.00. The SMILES string of the molecule is O=C(C=Cc1ccc(-c2ccccc2)cc1Br)Nc1ccccc1C(=O)O. The first-order valence-electron chi connectivity index (χ1n) is 8.21. The largest absolute Gasteiger partial charge is 0.478 e. The third-order valence-electron chi connectivity index (χ3n) is 3.94. The van der Waals surface area contributed by atoms with Crippen LogP contribution in [0.2, 0.25) is 0 Å². The molecule has 27 heavy (non-hydrogen) atoms. The van der Waals surface area contributed by atoms with E-state index in [1.54, 1.807) is 24.3 Å². The summed E-state index contributed by atoms with van der Waals surface area (Å²) in [6, 6.07) is 22.2. The standard InChI is InChI=1S/C22H16BrNO3/c23-19-14-17(15-6-2-1-3-7-15)11-10-16(19)12-13-21(25)24-20-9-5-4-8-18(20)22(26)27/h1-14H,(H,24,25)(H,26,27). The molecule has 0 heterocycles. The van der Waals surface area contributed by atoms with Crippen LogP contribution >= 0.6 is 15.9 Å². The van der Waals surface area contributed by atoms with Gasteiger partial charge in [0.1, 0.15) is 0 Å². The lowest BCUT2D eigenvalue weighted by atomic mass is 10.0. The van der Waals surface area contributed by atoms with E-state index in [1.165, 1.54) is 12.1 Å². The Labute approximate surface area is 165 Å². The van der Waals surface area contributed by atoms with Crippen LogP contribution in [0.3, 0.4) is 0 Å². The van der Waals surface area contributed by atoms with E-state index in [-0.39, 0.29) is 11.3 Å². The Hall–Kier alpha value is -3.18. The Morgan fingerprint density at radius 1 is 0.889 bits per heavy atom. The molecule has 134 valence electrons. The summed E-state index contributed by atoms with van der Waals surface area (Å²) >= 11 is 3.53. The molecule has 0 unspecified atom stereocenters. The molecule has 3 aromatic rings. The maximum Gasteiger partial charge on any atom is 0.337 e. The summed E-state index contributed by atoms with van der Waals surface area (Å²) in [5.41, 5.74) is 3.33. The zero-order valence-corrected chi connectivity index (χ0v) is 15.8. The number of amides is 1. The van der Waals surface area contributed by atoms with E-state index >= 15 is 0 Å². The van der Waals surface area contributed by atoms with Crippen LogP contribution in [0.25, 0.3) is 17.2 Å². The summed E-state index contributed by atoms with van der Waals surface area (Å²) < 4.78 is 0.860. The molecule has 1 amide bonds. The van der Waals surface area contributed by atoms with Crippen LogP contribution in [-0.4, -0.2) is 17.0 Å². The van der Waals surface area contributed by atoms with Crippen molar-refractivity contribution in [1.82, 2.24) is 0 Å². The topological polar surface area (TPSA) is 66.4 Å². The minimum Gasteiger partial charge on any atom is -0.478 e. The number of benzene rings is 3. The number of hydrogen-bond donors (Lipinski definition) is 2. The van der Waals surface area contributed by atoms with Gasteiger partial charge in [-0.05, 0) is 41.0 Å². The third kappa shape index (κ3) is 4.71. The minimum atomic E-state index is -1.09. The van der Waals surface area contributed by atoms with Crippen LogP contribution in [0.5, 0.6) is 0 Å². The number of para-hydroxylation sites is 1. The molecule has 2 N–H and O–H groups in total. The zero-order valence-electron chi connectivity index (χ0n) is 14.2. The highest BCUT2D eigenvalue weighted by molar-refractivity contribution is 9.10. The number of carboxylic acid groups (broad SMARTS) is 1. The smallest absolute Gasteiger partial charge is 0.337 e. The summed E-state index contributed by atoms with van der Waals surface area (Å²) in [7, 11) is 0. The van der Waals surface area contributed by atoms with Crippen LogP contribution < -0.4 is 5.32 Å². The number of carbonyl (C=O) groups excluding carboxylic acids is 1. The van der Waals surface area contributed by atoms with E-state index in [9.17, 15) is 9.59 Å². The highest BCUT2D eigenvalue weighted by Crippen LogP contribution is 2.26. The van der Waals surface area contributed by atoms with E-state index in [0.717, 1.165) is 21.2 Å². The van der Waals surface area contributed by atoms with Crippen molar-refractivity contribution >= 4 is 39.6 Å². The van der Waals surface area contributed by atoms with Gasteiger partial charge in [-0.2, -0.15) is 0 Å². The van der Waals surface area contributed by atoms with Crippen molar-refractivity contribution in [3.63, 3.8) is 0 Å². The van der Waals surface area contributed by atoms with Crippen molar-refractivity contribution in [2.45, 2.75) is 0 Å². The van der Waals surface area contributed by atoms with Gasteiger partial charge in [0.15, 0.2) is 0 Å². The predicted octanol–water partition coefficient (Wildman–Crippen LogP) is 5.47. The van der Waals surface area contributed by atoms with Crippen molar-refractivity contribution in [3.05, 3.63) is 94.5 Å². The lowest BCUT2D eigenvalue weighted by molar-refractivity contribution is -0.111. The molecule has 0 radical (unpaired) electrons. The molecule has 5 heteroatoms. The molecule has 0 aliphatic rings. The second-order valence-corrected chi connectivity index (χ2v) is 6.63. The van der Waals surface area contributed by atoms with Gasteiger partial charge in [0.25, 0.3) is 0 Å².